The molecule has 0 fully saturated rings. The average Bonchev–Trinajstić information content (AvgIpc) is 3.33. The summed E-state index contributed by atoms with van der Waals surface area (Å²) >= 11 is 0. The Labute approximate surface area is 443 Å². The highest BCUT2D eigenvalue weighted by Gasteiger charge is 2.28. The topological polar surface area (TPSA) is 105 Å². The predicted molar refractivity (Wildman–Crippen MR) is 309 cm³/mol. The van der Waals surface area contributed by atoms with Crippen LogP contribution < -0.4 is 5.32 Å². The third-order valence-electron chi connectivity index (χ3n) is 14.8. The van der Waals surface area contributed by atoms with E-state index in [9.17, 15) is 19.4 Å². The van der Waals surface area contributed by atoms with Gasteiger partial charge in [0.2, 0.25) is 5.91 Å². The lowest BCUT2D eigenvalue weighted by atomic mass is 10.0. The summed E-state index contributed by atoms with van der Waals surface area (Å²) in [4.78, 5) is 23.4. The van der Waals surface area contributed by atoms with Crippen LogP contribution in [0.1, 0.15) is 328 Å². The van der Waals surface area contributed by atoms with E-state index in [1.807, 2.05) is 21.1 Å². The van der Waals surface area contributed by atoms with E-state index in [0.29, 0.717) is 23.9 Å². The molecular weight excluding hydrogens is 900 g/mol. The molecule has 0 aliphatic carbocycles. The van der Waals surface area contributed by atoms with Crippen LogP contribution in [0.2, 0.25) is 0 Å². The van der Waals surface area contributed by atoms with Gasteiger partial charge in [-0.25, -0.2) is 4.57 Å². The largest absolute Gasteiger partial charge is 0.472 e. The molecule has 3 N–H and O–H groups in total. The molecule has 0 bridgehead atoms. The fourth-order valence-electron chi connectivity index (χ4n) is 9.81. The Morgan fingerprint density at radius 2 is 0.761 bits per heavy atom. The number of amides is 1. The predicted octanol–water partition coefficient (Wildman–Crippen LogP) is 19.4. The Hall–Kier alpha value is -0.760. The number of aliphatic hydroxyl groups excluding tert-OH is 1. The summed E-state index contributed by atoms with van der Waals surface area (Å²) in [5.41, 5.74) is 0. The molecule has 3 atom stereocenters. The third kappa shape index (κ3) is 56.8. The lowest BCUT2D eigenvalue weighted by Crippen LogP contribution is -2.46. The highest BCUT2D eigenvalue weighted by Crippen LogP contribution is 2.43. The van der Waals surface area contributed by atoms with Crippen LogP contribution >= 0.6 is 7.82 Å². The van der Waals surface area contributed by atoms with Gasteiger partial charge in [-0.2, -0.15) is 0 Å². The van der Waals surface area contributed by atoms with E-state index < -0.39 is 20.0 Å². The standard InChI is InChI=1S/C62H125N2O6P/c1-6-8-10-12-14-16-18-20-22-24-26-27-28-29-30-31-32-33-34-35-36-37-38-40-42-44-46-48-50-52-54-56-62(66)63-60(59-70-71(67,68)69-58-57-64(3,4)5)61(65)55-53-51-49-47-45-43-41-39-25-23-21-19-17-15-13-11-9-7-2/h29-30,60-61,65H,6-28,31-59H2,1-5H3,(H-,63,66,67,68)/p+1/b30-29-. The normalized spacial score (nSPS) is 13.8. The van der Waals surface area contributed by atoms with Crippen LogP contribution in [-0.4, -0.2) is 73.4 Å². The van der Waals surface area contributed by atoms with Gasteiger partial charge in [0.1, 0.15) is 13.2 Å². The summed E-state index contributed by atoms with van der Waals surface area (Å²) in [6.07, 6.45) is 67.2. The molecule has 0 radical (unpaired) electrons. The number of hydrogen-bond acceptors (Lipinski definition) is 5. The molecule has 0 aromatic heterocycles. The lowest BCUT2D eigenvalue weighted by Gasteiger charge is -2.26. The van der Waals surface area contributed by atoms with Gasteiger partial charge in [0.25, 0.3) is 0 Å². The Kier molecular flexibility index (Phi) is 53.5. The summed E-state index contributed by atoms with van der Waals surface area (Å²) in [6, 6.07) is -0.758. The highest BCUT2D eigenvalue weighted by molar-refractivity contribution is 7.47. The van der Waals surface area contributed by atoms with Crippen molar-refractivity contribution >= 4 is 13.7 Å². The van der Waals surface area contributed by atoms with Crippen LogP contribution in [0.5, 0.6) is 0 Å². The number of unbranched alkanes of at least 4 members (excludes halogenated alkanes) is 44. The van der Waals surface area contributed by atoms with E-state index in [1.54, 1.807) is 0 Å². The molecule has 0 saturated heterocycles. The van der Waals surface area contributed by atoms with E-state index >= 15 is 0 Å². The number of carbonyl (C=O) groups is 1. The number of hydrogen-bond donors (Lipinski definition) is 3. The van der Waals surface area contributed by atoms with Crippen LogP contribution in [-0.2, 0) is 18.4 Å². The van der Waals surface area contributed by atoms with Gasteiger partial charge < -0.3 is 19.8 Å². The van der Waals surface area contributed by atoms with Crippen LogP contribution in [0.15, 0.2) is 12.2 Å². The number of aliphatic hydroxyl groups is 1. The van der Waals surface area contributed by atoms with E-state index in [4.69, 9.17) is 9.05 Å². The summed E-state index contributed by atoms with van der Waals surface area (Å²) < 4.78 is 23.8. The summed E-state index contributed by atoms with van der Waals surface area (Å²) in [5, 5.41) is 14.1. The van der Waals surface area contributed by atoms with Crippen molar-refractivity contribution in [2.24, 2.45) is 0 Å². The Morgan fingerprint density at radius 3 is 1.08 bits per heavy atom. The van der Waals surface area contributed by atoms with Gasteiger partial charge in [-0.3, -0.25) is 13.8 Å². The molecule has 0 rings (SSSR count). The second-order valence-corrected chi connectivity index (χ2v) is 24.6. The zero-order valence-corrected chi connectivity index (χ0v) is 49.4. The first-order valence-corrected chi connectivity index (χ1v) is 33.0. The van der Waals surface area contributed by atoms with Gasteiger partial charge >= 0.3 is 7.82 Å². The minimum atomic E-state index is -4.32. The molecule has 0 spiro atoms. The number of likely N-dealkylation sites (N-methyl/N-ethyl adjacent to an activating group) is 1. The average molecular weight is 1030 g/mol. The van der Waals surface area contributed by atoms with E-state index in [-0.39, 0.29) is 19.1 Å². The smallest absolute Gasteiger partial charge is 0.391 e. The third-order valence-corrected chi connectivity index (χ3v) is 15.7. The van der Waals surface area contributed by atoms with Gasteiger partial charge in [-0.1, -0.05) is 296 Å². The van der Waals surface area contributed by atoms with E-state index in [1.165, 1.54) is 263 Å². The molecule has 0 aliphatic heterocycles. The zero-order valence-electron chi connectivity index (χ0n) is 48.5. The molecule has 0 aliphatic rings. The van der Waals surface area contributed by atoms with Crippen molar-refractivity contribution in [3.63, 3.8) is 0 Å². The van der Waals surface area contributed by atoms with Gasteiger partial charge in [0.15, 0.2) is 0 Å². The van der Waals surface area contributed by atoms with E-state index in [2.05, 4.69) is 31.3 Å². The van der Waals surface area contributed by atoms with Crippen molar-refractivity contribution in [2.75, 3.05) is 40.9 Å². The number of nitrogens with zero attached hydrogens (tertiary/aromatic N) is 1. The number of carbonyl (C=O) groups excluding carboxylic acids is 1. The number of rotatable bonds is 59. The molecule has 8 nitrogen and oxygen atoms in total. The van der Waals surface area contributed by atoms with E-state index in [0.717, 1.165) is 38.5 Å². The minimum Gasteiger partial charge on any atom is -0.391 e. The molecule has 1 amide bonds. The highest BCUT2D eigenvalue weighted by atomic mass is 31.2. The van der Waals surface area contributed by atoms with Crippen molar-refractivity contribution in [3.05, 3.63) is 12.2 Å². The van der Waals surface area contributed by atoms with Crippen molar-refractivity contribution in [1.29, 1.82) is 0 Å². The summed E-state index contributed by atoms with van der Waals surface area (Å²) in [5.74, 6) is -0.137. The van der Waals surface area contributed by atoms with Gasteiger partial charge in [0.05, 0.1) is 39.9 Å². The van der Waals surface area contributed by atoms with Crippen molar-refractivity contribution in [3.8, 4) is 0 Å². The van der Waals surface area contributed by atoms with Gasteiger partial charge in [0, 0.05) is 6.42 Å². The molecule has 71 heavy (non-hydrogen) atoms. The number of allylic oxidation sites excluding steroid dienone is 2. The van der Waals surface area contributed by atoms with Crippen LogP contribution in [0.4, 0.5) is 0 Å². The fourth-order valence-corrected chi connectivity index (χ4v) is 10.5. The van der Waals surface area contributed by atoms with Crippen LogP contribution in [0.25, 0.3) is 0 Å². The minimum absolute atomic E-state index is 0.0778. The Balaban J connectivity index is 4.01. The van der Waals surface area contributed by atoms with Gasteiger partial charge in [-0.05, 0) is 38.5 Å². The number of quaternary nitrogens is 1. The van der Waals surface area contributed by atoms with Crippen LogP contribution in [0.3, 0.4) is 0 Å². The molecule has 0 heterocycles. The molecular formula is C62H126N2O6P+. The monoisotopic (exact) mass is 1030 g/mol. The SMILES string of the molecule is CCCCCCCCCCCCCC/C=C\CCCCCCCCCCCCCCCCCC(=O)NC(COP(=O)(O)OCC[N+](C)(C)C)C(O)CCCCCCCCCCCCCCCCCCCC. The molecule has 0 aromatic carbocycles. The second-order valence-electron chi connectivity index (χ2n) is 23.1. The first kappa shape index (κ1) is 70.2. The van der Waals surface area contributed by atoms with Crippen molar-refractivity contribution in [1.82, 2.24) is 5.32 Å². The zero-order chi connectivity index (χ0) is 52.0. The molecule has 0 saturated carbocycles. The molecule has 3 unspecified atom stereocenters. The molecule has 9 heteroatoms. The first-order valence-electron chi connectivity index (χ1n) is 31.6. The lowest BCUT2D eigenvalue weighted by molar-refractivity contribution is -0.870. The molecule has 0 aromatic rings. The quantitative estimate of drug-likeness (QED) is 0.0243. The Morgan fingerprint density at radius 1 is 0.465 bits per heavy atom. The van der Waals surface area contributed by atoms with Crippen molar-refractivity contribution in [2.45, 2.75) is 341 Å². The van der Waals surface area contributed by atoms with Crippen molar-refractivity contribution < 1.29 is 32.9 Å². The Bertz CT molecular complexity index is 1160. The fraction of sp³-hybridized carbons (Fsp3) is 0.952. The number of nitrogens with one attached hydrogen (secondary N) is 1. The summed E-state index contributed by atoms with van der Waals surface area (Å²) in [6.45, 7) is 4.94. The second kappa shape index (κ2) is 54.0. The maximum absolute atomic E-state index is 13.0. The first-order chi connectivity index (χ1) is 34.5. The number of phosphoric ester groups is 1. The maximum atomic E-state index is 13.0. The number of phosphoric acid groups is 1. The summed E-state index contributed by atoms with van der Waals surface area (Å²) in [7, 11) is 1.63. The molecule has 424 valence electrons. The van der Waals surface area contributed by atoms with Gasteiger partial charge in [-0.15, -0.1) is 0 Å². The maximum Gasteiger partial charge on any atom is 0.472 e. The van der Waals surface area contributed by atoms with Crippen LogP contribution in [0, 0.1) is 0 Å².